The van der Waals surface area contributed by atoms with Crippen molar-refractivity contribution in [1.29, 1.82) is 0 Å². The fourth-order valence-electron chi connectivity index (χ4n) is 2.14. The monoisotopic (exact) mass is 482 g/mol. The first-order chi connectivity index (χ1) is 13.4. The summed E-state index contributed by atoms with van der Waals surface area (Å²) in [6, 6.07) is 0. The SMILES string of the molecule is CCCCCC[N+](C)(C)CCCC.CCCCN(C)C.O=P(O)(O)O.O=P([O-])(O)O. The molecular weight excluding hydrogens is 434 g/mol. The molecule has 5 N–H and O–H groups in total. The molecule has 0 saturated carbocycles. The van der Waals surface area contributed by atoms with Gasteiger partial charge in [0.05, 0.1) is 27.2 Å². The Kier molecular flexibility index (Phi) is 27.9. The lowest BCUT2D eigenvalue weighted by molar-refractivity contribution is -0.890. The van der Waals surface area contributed by atoms with Crippen molar-refractivity contribution in [3.63, 3.8) is 0 Å². The van der Waals surface area contributed by atoms with Gasteiger partial charge in [-0.25, -0.2) is 4.57 Å². The van der Waals surface area contributed by atoms with E-state index in [1.165, 1.54) is 75.5 Å². The summed E-state index contributed by atoms with van der Waals surface area (Å²) in [6.45, 7) is 10.7. The highest BCUT2D eigenvalue weighted by atomic mass is 31.2. The highest BCUT2D eigenvalue weighted by molar-refractivity contribution is 7.45. The summed E-state index contributed by atoms with van der Waals surface area (Å²) in [5, 5.41) is 0. The smallest absolute Gasteiger partial charge is 0.466 e. The predicted octanol–water partition coefficient (Wildman–Crippen LogP) is 2.30. The zero-order valence-corrected chi connectivity index (χ0v) is 21.8. The van der Waals surface area contributed by atoms with Crippen LogP contribution >= 0.6 is 15.6 Å². The Bertz CT molecular complexity index is 403. The maximum absolute atomic E-state index is 8.88. The summed E-state index contributed by atoms with van der Waals surface area (Å²) < 4.78 is 18.9. The van der Waals surface area contributed by atoms with E-state index in [1.807, 2.05) is 0 Å². The second kappa shape index (κ2) is 22.3. The van der Waals surface area contributed by atoms with E-state index in [-0.39, 0.29) is 0 Å². The molecule has 0 heterocycles. The van der Waals surface area contributed by atoms with Gasteiger partial charge < -0.3 is 38.7 Å². The van der Waals surface area contributed by atoms with Gasteiger partial charge in [0.1, 0.15) is 0 Å². The minimum atomic E-state index is -4.89. The Morgan fingerprint density at radius 3 is 1.33 bits per heavy atom. The average molecular weight is 483 g/mol. The second-order valence-corrected chi connectivity index (χ2v) is 9.97. The molecule has 0 amide bonds. The number of nitrogens with zero attached hydrogens (tertiary/aromatic N) is 2. The molecule has 0 rings (SSSR count). The summed E-state index contributed by atoms with van der Waals surface area (Å²) in [6.07, 6.45) is 10.9. The number of hydrogen-bond donors (Lipinski definition) is 5. The zero-order chi connectivity index (χ0) is 24.9. The van der Waals surface area contributed by atoms with E-state index in [0.717, 1.165) is 0 Å². The molecule has 0 radical (unpaired) electrons. The predicted molar refractivity (Wildman–Crippen MR) is 121 cm³/mol. The van der Waals surface area contributed by atoms with E-state index in [9.17, 15) is 0 Å². The van der Waals surface area contributed by atoms with E-state index >= 15 is 0 Å². The van der Waals surface area contributed by atoms with Crippen molar-refractivity contribution in [3.05, 3.63) is 0 Å². The second-order valence-electron chi connectivity index (χ2n) is 7.96. The van der Waals surface area contributed by atoms with Crippen LogP contribution < -0.4 is 4.89 Å². The van der Waals surface area contributed by atoms with Gasteiger partial charge in [0.2, 0.25) is 0 Å². The molecule has 0 fully saturated rings. The van der Waals surface area contributed by atoms with Crippen LogP contribution in [0.25, 0.3) is 0 Å². The Balaban J connectivity index is -0.000000167. The first kappa shape index (κ1) is 37.5. The van der Waals surface area contributed by atoms with Gasteiger partial charge in [0.15, 0.2) is 0 Å². The average Bonchev–Trinajstić information content (AvgIpc) is 2.52. The zero-order valence-electron chi connectivity index (χ0n) is 20.0. The van der Waals surface area contributed by atoms with Gasteiger partial charge in [-0.05, 0) is 46.3 Å². The summed E-state index contributed by atoms with van der Waals surface area (Å²) in [5.74, 6) is 0. The fraction of sp³-hybridized carbons (Fsp3) is 1.00. The van der Waals surface area contributed by atoms with E-state index in [2.05, 4.69) is 53.9 Å². The van der Waals surface area contributed by atoms with Gasteiger partial charge in [0.25, 0.3) is 7.82 Å². The molecular formula is C18H48N2O8P2. The molecule has 0 bridgehead atoms. The van der Waals surface area contributed by atoms with Crippen LogP contribution in [0.15, 0.2) is 0 Å². The van der Waals surface area contributed by atoms with Crippen LogP contribution in [0.3, 0.4) is 0 Å². The molecule has 0 aliphatic carbocycles. The molecule has 0 atom stereocenters. The topological polar surface area (TPSA) is 162 Å². The van der Waals surface area contributed by atoms with Crippen molar-refractivity contribution in [1.82, 2.24) is 4.90 Å². The molecule has 0 saturated heterocycles. The maximum Gasteiger partial charge on any atom is 0.466 e. The third-order valence-corrected chi connectivity index (χ3v) is 3.69. The Morgan fingerprint density at radius 2 is 1.07 bits per heavy atom. The first-order valence-electron chi connectivity index (χ1n) is 10.4. The largest absolute Gasteiger partial charge is 0.756 e. The quantitative estimate of drug-likeness (QED) is 0.169. The molecule has 0 aliphatic rings. The van der Waals surface area contributed by atoms with E-state index in [0.29, 0.717) is 0 Å². The van der Waals surface area contributed by atoms with Crippen molar-refractivity contribution in [2.75, 3.05) is 47.8 Å². The van der Waals surface area contributed by atoms with Crippen LogP contribution in [0.1, 0.15) is 72.1 Å². The molecule has 0 aromatic rings. The molecule has 0 aromatic heterocycles. The number of rotatable bonds is 11. The molecule has 10 nitrogen and oxygen atoms in total. The standard InChI is InChI=1S/C12H28N.C6H15N.2H3O4P/c1-5-7-9-10-12-13(3,4)11-8-6-2;1-4-5-6-7(2)3;2*1-5(2,3)4/h5-12H2,1-4H3;4-6H2,1-3H3;2*(H3,1,2,3,4)/q+1;;;/p-1. The van der Waals surface area contributed by atoms with Crippen LogP contribution in [0.2, 0.25) is 0 Å². The van der Waals surface area contributed by atoms with Crippen molar-refractivity contribution in [3.8, 4) is 0 Å². The lowest BCUT2D eigenvalue weighted by atomic mass is 10.2. The summed E-state index contributed by atoms with van der Waals surface area (Å²) in [4.78, 5) is 46.7. The third-order valence-electron chi connectivity index (χ3n) is 3.69. The van der Waals surface area contributed by atoms with Gasteiger partial charge in [-0.3, -0.25) is 4.57 Å². The van der Waals surface area contributed by atoms with Crippen molar-refractivity contribution in [2.24, 2.45) is 0 Å². The summed E-state index contributed by atoms with van der Waals surface area (Å²) in [7, 11) is -0.589. The number of hydrogen-bond acceptors (Lipinski definition) is 4. The molecule has 188 valence electrons. The van der Waals surface area contributed by atoms with Crippen LogP contribution in [0, 0.1) is 0 Å². The lowest BCUT2D eigenvalue weighted by Gasteiger charge is -2.29. The molecule has 0 aliphatic heterocycles. The van der Waals surface area contributed by atoms with Crippen molar-refractivity contribution < 1.29 is 43.0 Å². The fourth-order valence-corrected chi connectivity index (χ4v) is 2.14. The van der Waals surface area contributed by atoms with E-state index in [4.69, 9.17) is 38.5 Å². The van der Waals surface area contributed by atoms with Crippen molar-refractivity contribution >= 4 is 15.6 Å². The first-order valence-corrected chi connectivity index (χ1v) is 13.5. The minimum Gasteiger partial charge on any atom is -0.756 e. The van der Waals surface area contributed by atoms with Gasteiger partial charge >= 0.3 is 7.82 Å². The normalized spacial score (nSPS) is 11.5. The Morgan fingerprint density at radius 1 is 0.733 bits per heavy atom. The molecule has 0 unspecified atom stereocenters. The van der Waals surface area contributed by atoms with Crippen LogP contribution in [-0.2, 0) is 9.13 Å². The van der Waals surface area contributed by atoms with Gasteiger partial charge in [-0.15, -0.1) is 0 Å². The van der Waals surface area contributed by atoms with Gasteiger partial charge in [-0.1, -0.05) is 46.5 Å². The highest BCUT2D eigenvalue weighted by Gasteiger charge is 2.12. The minimum absolute atomic E-state index is 1.22. The van der Waals surface area contributed by atoms with Crippen LogP contribution in [-0.4, -0.2) is 81.7 Å². The Labute approximate surface area is 184 Å². The maximum atomic E-state index is 8.88. The number of unbranched alkanes of at least 4 members (excludes halogenated alkanes) is 5. The molecule has 0 spiro atoms. The Hall–Kier alpha value is 0.140. The molecule has 12 heteroatoms. The highest BCUT2D eigenvalue weighted by Crippen LogP contribution is 2.25. The third kappa shape index (κ3) is 79.6. The van der Waals surface area contributed by atoms with Crippen LogP contribution in [0.5, 0.6) is 0 Å². The summed E-state index contributed by atoms with van der Waals surface area (Å²) in [5.41, 5.74) is 0. The lowest BCUT2D eigenvalue weighted by Crippen LogP contribution is -2.41. The molecule has 0 aromatic carbocycles. The molecule has 30 heavy (non-hydrogen) atoms. The van der Waals surface area contributed by atoms with Crippen molar-refractivity contribution in [2.45, 2.75) is 72.1 Å². The van der Waals surface area contributed by atoms with E-state index < -0.39 is 15.6 Å². The van der Waals surface area contributed by atoms with E-state index in [1.54, 1.807) is 0 Å². The summed E-state index contributed by atoms with van der Waals surface area (Å²) >= 11 is 0. The van der Waals surface area contributed by atoms with Crippen LogP contribution in [0.4, 0.5) is 0 Å². The number of phosphoric acid groups is 2. The number of quaternary nitrogens is 1. The van der Waals surface area contributed by atoms with Gasteiger partial charge in [-0.2, -0.15) is 0 Å². The van der Waals surface area contributed by atoms with Gasteiger partial charge in [0, 0.05) is 0 Å².